The Hall–Kier alpha value is -0.280. The summed E-state index contributed by atoms with van der Waals surface area (Å²) in [5, 5.41) is 3.36. The van der Waals surface area contributed by atoms with E-state index >= 15 is 0 Å². The van der Waals surface area contributed by atoms with E-state index in [0.717, 1.165) is 24.7 Å². The van der Waals surface area contributed by atoms with Gasteiger partial charge in [0.05, 0.1) is 0 Å². The first-order chi connectivity index (χ1) is 9.78. The monoisotopic (exact) mass is 314 g/mol. The molecule has 3 nitrogen and oxygen atoms in total. The van der Waals surface area contributed by atoms with Gasteiger partial charge in [-0.3, -0.25) is 4.79 Å². The van der Waals surface area contributed by atoms with Gasteiger partial charge in [0.15, 0.2) is 0 Å². The first-order valence-electron chi connectivity index (χ1n) is 8.78. The highest BCUT2D eigenvalue weighted by molar-refractivity contribution is 5.85. The molecule has 0 spiro atoms. The maximum atomic E-state index is 12.5. The molecule has 0 aliphatic heterocycles. The quantitative estimate of drug-likeness (QED) is 0.840. The van der Waals surface area contributed by atoms with E-state index in [1.165, 1.54) is 51.4 Å². The fourth-order valence-electron chi connectivity index (χ4n) is 4.98. The number of carbonyl (C=O) groups excluding carboxylic acids is 1. The van der Waals surface area contributed by atoms with Crippen LogP contribution < -0.4 is 11.1 Å². The van der Waals surface area contributed by atoms with Crippen LogP contribution in [0.15, 0.2) is 0 Å². The van der Waals surface area contributed by atoms with Crippen molar-refractivity contribution in [2.45, 2.75) is 70.3 Å². The third kappa shape index (κ3) is 3.92. The van der Waals surface area contributed by atoms with E-state index in [4.69, 9.17) is 5.73 Å². The van der Waals surface area contributed by atoms with Crippen molar-refractivity contribution in [2.24, 2.45) is 29.4 Å². The summed E-state index contributed by atoms with van der Waals surface area (Å²) in [6.07, 6.45) is 12.8. The maximum absolute atomic E-state index is 12.5. The van der Waals surface area contributed by atoms with Crippen molar-refractivity contribution in [3.8, 4) is 0 Å². The molecule has 5 atom stereocenters. The first kappa shape index (κ1) is 17.1. The van der Waals surface area contributed by atoms with Crippen molar-refractivity contribution >= 4 is 18.3 Å². The Balaban J connectivity index is 0.00000161. The van der Waals surface area contributed by atoms with Crippen molar-refractivity contribution in [3.63, 3.8) is 0 Å². The minimum absolute atomic E-state index is 0. The molecule has 3 N–H and O–H groups in total. The van der Waals surface area contributed by atoms with Crippen LogP contribution in [0.2, 0.25) is 0 Å². The zero-order valence-electron chi connectivity index (χ0n) is 13.1. The van der Waals surface area contributed by atoms with E-state index in [9.17, 15) is 4.79 Å². The second-order valence-corrected chi connectivity index (χ2v) is 7.36. The van der Waals surface area contributed by atoms with Crippen molar-refractivity contribution < 1.29 is 4.79 Å². The summed E-state index contributed by atoms with van der Waals surface area (Å²) >= 11 is 0. The second-order valence-electron chi connectivity index (χ2n) is 7.36. The molecule has 3 saturated carbocycles. The van der Waals surface area contributed by atoms with Crippen LogP contribution in [0, 0.1) is 23.7 Å². The maximum Gasteiger partial charge on any atom is 0.223 e. The van der Waals surface area contributed by atoms with Crippen LogP contribution in [0.4, 0.5) is 0 Å². The standard InChI is InChI=1S/C17H30N2O.ClH/c18-11-14-6-3-7-16(14)17(20)19-15-9-8-12-4-1-2-5-13(12)10-15;/h12-16H,1-11,18H2,(H,19,20);1H/t12?,13?,14-,15?,16-;/m1./s1. The Morgan fingerprint density at radius 2 is 1.71 bits per heavy atom. The molecule has 3 aliphatic rings. The van der Waals surface area contributed by atoms with E-state index in [0.29, 0.717) is 24.4 Å². The van der Waals surface area contributed by atoms with Gasteiger partial charge < -0.3 is 11.1 Å². The van der Waals surface area contributed by atoms with Gasteiger partial charge in [-0.1, -0.05) is 32.1 Å². The number of fused-ring (bicyclic) bond motifs is 1. The highest BCUT2D eigenvalue weighted by atomic mass is 35.5. The van der Waals surface area contributed by atoms with E-state index in [1.807, 2.05) is 0 Å². The van der Waals surface area contributed by atoms with Crippen LogP contribution in [-0.2, 0) is 4.79 Å². The second kappa shape index (κ2) is 7.82. The largest absolute Gasteiger partial charge is 0.353 e. The Morgan fingerprint density at radius 1 is 0.952 bits per heavy atom. The SMILES string of the molecule is Cl.NC[C@H]1CCC[C@H]1C(=O)NC1CCC2CCCCC2C1. The molecule has 4 heteroatoms. The number of rotatable bonds is 3. The van der Waals surface area contributed by atoms with Gasteiger partial charge in [0.25, 0.3) is 0 Å². The lowest BCUT2D eigenvalue weighted by Gasteiger charge is -2.39. The number of halogens is 1. The molecule has 3 unspecified atom stereocenters. The molecule has 0 saturated heterocycles. The molecule has 3 rings (SSSR count). The Labute approximate surface area is 135 Å². The predicted octanol–water partition coefficient (Wildman–Crippen LogP) is 3.26. The van der Waals surface area contributed by atoms with Gasteiger partial charge in [-0.05, 0) is 56.4 Å². The number of hydrogen-bond acceptors (Lipinski definition) is 2. The molecule has 0 radical (unpaired) electrons. The Morgan fingerprint density at radius 3 is 2.48 bits per heavy atom. The third-order valence-electron chi connectivity index (χ3n) is 6.18. The van der Waals surface area contributed by atoms with Gasteiger partial charge >= 0.3 is 0 Å². The van der Waals surface area contributed by atoms with Crippen LogP contribution in [0.1, 0.15) is 64.2 Å². The molecule has 21 heavy (non-hydrogen) atoms. The zero-order chi connectivity index (χ0) is 13.9. The lowest BCUT2D eigenvalue weighted by Crippen LogP contribution is -2.45. The molecule has 0 aromatic carbocycles. The van der Waals surface area contributed by atoms with Crippen molar-refractivity contribution in [1.29, 1.82) is 0 Å². The summed E-state index contributed by atoms with van der Waals surface area (Å²) in [5.74, 6) is 2.78. The summed E-state index contributed by atoms with van der Waals surface area (Å²) < 4.78 is 0. The number of carbonyl (C=O) groups is 1. The summed E-state index contributed by atoms with van der Waals surface area (Å²) in [6.45, 7) is 0.674. The molecule has 0 aromatic rings. The minimum atomic E-state index is 0. The molecule has 1 amide bonds. The van der Waals surface area contributed by atoms with Gasteiger partial charge in [0.2, 0.25) is 5.91 Å². The Bertz CT molecular complexity index is 350. The summed E-state index contributed by atoms with van der Waals surface area (Å²) in [5.41, 5.74) is 5.80. The lowest BCUT2D eigenvalue weighted by molar-refractivity contribution is -0.127. The average Bonchev–Trinajstić information content (AvgIpc) is 2.95. The average molecular weight is 315 g/mol. The number of amides is 1. The summed E-state index contributed by atoms with van der Waals surface area (Å²) in [6, 6.07) is 0.445. The van der Waals surface area contributed by atoms with Gasteiger partial charge in [0.1, 0.15) is 0 Å². The lowest BCUT2D eigenvalue weighted by atomic mass is 9.69. The van der Waals surface area contributed by atoms with Crippen molar-refractivity contribution in [2.75, 3.05) is 6.54 Å². The van der Waals surface area contributed by atoms with E-state index in [1.54, 1.807) is 0 Å². The summed E-state index contributed by atoms with van der Waals surface area (Å²) in [7, 11) is 0. The van der Waals surface area contributed by atoms with Crippen LogP contribution in [0.25, 0.3) is 0 Å². The van der Waals surface area contributed by atoms with Crippen LogP contribution in [0.3, 0.4) is 0 Å². The molecule has 3 aliphatic carbocycles. The number of hydrogen-bond donors (Lipinski definition) is 2. The minimum Gasteiger partial charge on any atom is -0.353 e. The first-order valence-corrected chi connectivity index (χ1v) is 8.78. The third-order valence-corrected chi connectivity index (χ3v) is 6.18. The molecule has 0 aromatic heterocycles. The Kier molecular flexibility index (Phi) is 6.36. The van der Waals surface area contributed by atoms with Crippen molar-refractivity contribution in [3.05, 3.63) is 0 Å². The normalized spacial score (nSPS) is 39.2. The van der Waals surface area contributed by atoms with E-state index in [-0.39, 0.29) is 18.3 Å². The smallest absolute Gasteiger partial charge is 0.223 e. The number of nitrogens with two attached hydrogens (primary N) is 1. The van der Waals surface area contributed by atoms with Crippen molar-refractivity contribution in [1.82, 2.24) is 5.32 Å². The molecular formula is C17H31ClN2O. The van der Waals surface area contributed by atoms with E-state index < -0.39 is 0 Å². The fourth-order valence-corrected chi connectivity index (χ4v) is 4.98. The van der Waals surface area contributed by atoms with Gasteiger partial charge in [0, 0.05) is 12.0 Å². The van der Waals surface area contributed by atoms with Gasteiger partial charge in [-0.2, -0.15) is 0 Å². The van der Waals surface area contributed by atoms with E-state index in [2.05, 4.69) is 5.32 Å². The van der Waals surface area contributed by atoms with Gasteiger partial charge in [-0.15, -0.1) is 12.4 Å². The molecular weight excluding hydrogens is 284 g/mol. The van der Waals surface area contributed by atoms with Gasteiger partial charge in [-0.25, -0.2) is 0 Å². The van der Waals surface area contributed by atoms with Crippen LogP contribution >= 0.6 is 12.4 Å². The fraction of sp³-hybridized carbons (Fsp3) is 0.941. The predicted molar refractivity (Wildman–Crippen MR) is 88.4 cm³/mol. The molecule has 0 bridgehead atoms. The molecule has 0 heterocycles. The highest BCUT2D eigenvalue weighted by Crippen LogP contribution is 2.40. The van der Waals surface area contributed by atoms with Crippen LogP contribution in [0.5, 0.6) is 0 Å². The summed E-state index contributed by atoms with van der Waals surface area (Å²) in [4.78, 5) is 12.5. The zero-order valence-corrected chi connectivity index (χ0v) is 13.9. The topological polar surface area (TPSA) is 55.1 Å². The molecule has 122 valence electrons. The van der Waals surface area contributed by atoms with Crippen LogP contribution in [-0.4, -0.2) is 18.5 Å². The number of nitrogens with one attached hydrogen (secondary N) is 1. The highest BCUT2D eigenvalue weighted by Gasteiger charge is 2.36. The molecule has 3 fully saturated rings.